The largest absolute Gasteiger partial charge is 0.365 e. The Morgan fingerprint density at radius 1 is 1.24 bits per heavy atom. The number of rotatable bonds is 3. The number of halogens is 1. The van der Waals surface area contributed by atoms with Gasteiger partial charge >= 0.3 is 0 Å². The molecule has 8 heteroatoms. The van der Waals surface area contributed by atoms with Gasteiger partial charge in [0.15, 0.2) is 5.11 Å². The maximum Gasteiger partial charge on any atom is 0.257 e. The van der Waals surface area contributed by atoms with Crippen molar-refractivity contribution in [2.75, 3.05) is 5.32 Å². The second-order valence-corrected chi connectivity index (χ2v) is 10.7. The Morgan fingerprint density at radius 3 is 2.48 bits per heavy atom. The van der Waals surface area contributed by atoms with Crippen LogP contribution in [-0.4, -0.2) is 16.9 Å². The third-order valence-corrected chi connectivity index (χ3v) is 7.20. The maximum atomic E-state index is 12.4. The lowest BCUT2D eigenvalue weighted by atomic mass is 9.72. The summed E-state index contributed by atoms with van der Waals surface area (Å²) in [6.45, 7) is 6.74. The number of nitrogens with two attached hydrogens (primary N) is 1. The van der Waals surface area contributed by atoms with Crippen LogP contribution in [0.4, 0.5) is 5.00 Å². The summed E-state index contributed by atoms with van der Waals surface area (Å²) in [5, 5.41) is 6.44. The molecule has 1 heterocycles. The van der Waals surface area contributed by atoms with Crippen LogP contribution in [0.15, 0.2) is 28.7 Å². The summed E-state index contributed by atoms with van der Waals surface area (Å²) in [4.78, 5) is 25.7. The van der Waals surface area contributed by atoms with E-state index in [1.165, 1.54) is 16.2 Å². The molecule has 0 radical (unpaired) electrons. The Labute approximate surface area is 188 Å². The van der Waals surface area contributed by atoms with E-state index in [2.05, 4.69) is 47.3 Å². The SMILES string of the molecule is CC(C)(C)[C@@H]1CCc2c(sc(NC(=S)NC(=O)c3ccc(Br)cc3)c2C(N)=O)C1. The Hall–Kier alpha value is -1.77. The van der Waals surface area contributed by atoms with E-state index >= 15 is 0 Å². The minimum absolute atomic E-state index is 0.145. The van der Waals surface area contributed by atoms with Gasteiger partial charge in [-0.15, -0.1) is 11.3 Å². The number of hydrogen-bond donors (Lipinski definition) is 3. The number of benzene rings is 1. The highest BCUT2D eigenvalue weighted by Crippen LogP contribution is 2.44. The predicted octanol–water partition coefficient (Wildman–Crippen LogP) is 4.89. The van der Waals surface area contributed by atoms with E-state index < -0.39 is 5.91 Å². The number of carbonyl (C=O) groups is 2. The number of carbonyl (C=O) groups excluding carboxylic acids is 2. The maximum absolute atomic E-state index is 12.4. The molecule has 0 fully saturated rings. The summed E-state index contributed by atoms with van der Waals surface area (Å²) in [7, 11) is 0. The molecule has 0 saturated heterocycles. The number of primary amides is 1. The molecule has 1 atom stereocenters. The highest BCUT2D eigenvalue weighted by molar-refractivity contribution is 9.10. The molecule has 2 amide bonds. The van der Waals surface area contributed by atoms with Crippen molar-refractivity contribution in [3.05, 3.63) is 50.3 Å². The van der Waals surface area contributed by atoms with Gasteiger partial charge in [-0.05, 0) is 72.6 Å². The molecule has 4 N–H and O–H groups in total. The number of hydrogen-bond acceptors (Lipinski definition) is 4. The normalized spacial score (nSPS) is 16.1. The fourth-order valence-corrected chi connectivity index (χ4v) is 5.45. The molecule has 3 rings (SSSR count). The van der Waals surface area contributed by atoms with Crippen molar-refractivity contribution >= 4 is 61.4 Å². The first-order chi connectivity index (χ1) is 13.6. The summed E-state index contributed by atoms with van der Waals surface area (Å²) in [6, 6.07) is 6.98. The molecule has 1 aromatic heterocycles. The zero-order valence-corrected chi connectivity index (χ0v) is 19.8. The van der Waals surface area contributed by atoms with Crippen LogP contribution in [0.5, 0.6) is 0 Å². The van der Waals surface area contributed by atoms with E-state index in [-0.39, 0.29) is 16.4 Å². The molecule has 1 aromatic carbocycles. The Kier molecular flexibility index (Phi) is 6.45. The number of nitrogens with one attached hydrogen (secondary N) is 2. The van der Waals surface area contributed by atoms with Crippen molar-refractivity contribution in [3.63, 3.8) is 0 Å². The van der Waals surface area contributed by atoms with Crippen molar-refractivity contribution in [1.29, 1.82) is 0 Å². The van der Waals surface area contributed by atoms with Gasteiger partial charge in [0.25, 0.3) is 11.8 Å². The van der Waals surface area contributed by atoms with E-state index in [9.17, 15) is 9.59 Å². The van der Waals surface area contributed by atoms with Crippen LogP contribution in [0.2, 0.25) is 0 Å². The first-order valence-electron chi connectivity index (χ1n) is 9.38. The molecule has 2 aromatic rings. The van der Waals surface area contributed by atoms with E-state index in [0.29, 0.717) is 22.0 Å². The van der Waals surface area contributed by atoms with Gasteiger partial charge in [-0.25, -0.2) is 0 Å². The van der Waals surface area contributed by atoms with Crippen molar-refractivity contribution in [2.45, 2.75) is 40.0 Å². The molecule has 0 saturated carbocycles. The lowest BCUT2D eigenvalue weighted by molar-refractivity contribution is 0.0975. The molecule has 0 bridgehead atoms. The smallest absolute Gasteiger partial charge is 0.257 e. The Balaban J connectivity index is 1.77. The molecule has 1 aliphatic carbocycles. The van der Waals surface area contributed by atoms with Crippen LogP contribution in [0, 0.1) is 11.3 Å². The van der Waals surface area contributed by atoms with Crippen LogP contribution in [0.25, 0.3) is 0 Å². The average Bonchev–Trinajstić information content (AvgIpc) is 2.98. The van der Waals surface area contributed by atoms with E-state index in [4.69, 9.17) is 18.0 Å². The second-order valence-electron chi connectivity index (χ2n) is 8.29. The summed E-state index contributed by atoms with van der Waals surface area (Å²) in [6.07, 6.45) is 2.77. The Bertz CT molecular complexity index is 962. The van der Waals surface area contributed by atoms with Gasteiger partial charge < -0.3 is 11.1 Å². The van der Waals surface area contributed by atoms with Gasteiger partial charge in [-0.3, -0.25) is 14.9 Å². The summed E-state index contributed by atoms with van der Waals surface area (Å²) in [5.41, 5.74) is 7.89. The molecular weight excluding hydrogens is 470 g/mol. The van der Waals surface area contributed by atoms with Crippen LogP contribution >= 0.6 is 39.5 Å². The summed E-state index contributed by atoms with van der Waals surface area (Å²) in [5.74, 6) is -0.239. The highest BCUT2D eigenvalue weighted by atomic mass is 79.9. The number of fused-ring (bicyclic) bond motifs is 1. The summed E-state index contributed by atoms with van der Waals surface area (Å²) >= 11 is 10.2. The van der Waals surface area contributed by atoms with Crippen molar-refractivity contribution in [3.8, 4) is 0 Å². The number of anilines is 1. The first-order valence-corrected chi connectivity index (χ1v) is 11.4. The number of thiocarbonyl (C=S) groups is 1. The van der Waals surface area contributed by atoms with Gasteiger partial charge in [0.05, 0.1) is 5.56 Å². The molecule has 0 unspecified atom stereocenters. The molecule has 29 heavy (non-hydrogen) atoms. The second kappa shape index (κ2) is 8.53. The summed E-state index contributed by atoms with van der Waals surface area (Å²) < 4.78 is 0.888. The fourth-order valence-electron chi connectivity index (χ4n) is 3.58. The van der Waals surface area contributed by atoms with Crippen molar-refractivity contribution in [2.24, 2.45) is 17.1 Å². The Morgan fingerprint density at radius 2 is 1.90 bits per heavy atom. The van der Waals surface area contributed by atoms with Gasteiger partial charge in [0.2, 0.25) is 0 Å². The van der Waals surface area contributed by atoms with Crippen LogP contribution in [0.1, 0.15) is 58.3 Å². The number of amides is 2. The monoisotopic (exact) mass is 493 g/mol. The molecule has 5 nitrogen and oxygen atoms in total. The van der Waals surface area contributed by atoms with Crippen LogP contribution < -0.4 is 16.4 Å². The zero-order chi connectivity index (χ0) is 21.3. The molecular formula is C21H24BrN3O2S2. The molecule has 1 aliphatic rings. The lowest BCUT2D eigenvalue weighted by Crippen LogP contribution is -2.34. The standard InChI is InChI=1S/C21H24BrN3O2S2/c1-21(2,3)12-6-9-14-15(10-12)29-19(16(14)17(23)26)25-20(28)24-18(27)11-4-7-13(22)8-5-11/h4-5,7-8,12H,6,9-10H2,1-3H3,(H2,23,26)(H2,24,25,27,28)/t12-/m1/s1. The number of thiophene rings is 1. The van der Waals surface area contributed by atoms with E-state index in [1.54, 1.807) is 24.3 Å². The molecule has 154 valence electrons. The third-order valence-electron chi connectivity index (χ3n) is 5.30. The van der Waals surface area contributed by atoms with E-state index in [0.717, 1.165) is 29.3 Å². The first kappa shape index (κ1) is 21.9. The van der Waals surface area contributed by atoms with Crippen LogP contribution in [0.3, 0.4) is 0 Å². The van der Waals surface area contributed by atoms with Gasteiger partial charge in [-0.2, -0.15) is 0 Å². The van der Waals surface area contributed by atoms with Crippen molar-refractivity contribution < 1.29 is 9.59 Å². The van der Waals surface area contributed by atoms with Gasteiger partial charge in [-0.1, -0.05) is 36.7 Å². The van der Waals surface area contributed by atoms with Gasteiger partial charge in [0, 0.05) is 14.9 Å². The molecule has 0 spiro atoms. The quantitative estimate of drug-likeness (QED) is 0.531. The topological polar surface area (TPSA) is 84.2 Å². The van der Waals surface area contributed by atoms with Gasteiger partial charge in [0.1, 0.15) is 5.00 Å². The van der Waals surface area contributed by atoms with Crippen molar-refractivity contribution in [1.82, 2.24) is 5.32 Å². The average molecular weight is 494 g/mol. The molecule has 0 aliphatic heterocycles. The zero-order valence-electron chi connectivity index (χ0n) is 16.6. The minimum atomic E-state index is -0.471. The highest BCUT2D eigenvalue weighted by Gasteiger charge is 2.33. The predicted molar refractivity (Wildman–Crippen MR) is 126 cm³/mol. The minimum Gasteiger partial charge on any atom is -0.365 e. The van der Waals surface area contributed by atoms with E-state index in [1.807, 2.05) is 0 Å². The van der Waals surface area contributed by atoms with Crippen LogP contribution in [-0.2, 0) is 12.8 Å². The third kappa shape index (κ3) is 5.05. The fraction of sp³-hybridized carbons (Fsp3) is 0.381. The lowest BCUT2D eigenvalue weighted by Gasteiger charge is -2.33.